The molecule has 6 rings (SSSR count). The van der Waals surface area contributed by atoms with Crippen LogP contribution in [0.25, 0.3) is 0 Å². The molecule has 1 heterocycles. The molecule has 156 valence electrons. The van der Waals surface area contributed by atoms with Crippen molar-refractivity contribution in [3.63, 3.8) is 0 Å². The van der Waals surface area contributed by atoms with Crippen LogP contribution in [0.1, 0.15) is 50.5 Å². The third-order valence-corrected chi connectivity index (χ3v) is 7.98. The van der Waals surface area contributed by atoms with Gasteiger partial charge in [-0.05, 0) is 74.2 Å². The highest BCUT2D eigenvalue weighted by Gasteiger charge is 2.49. The number of rotatable bonds is 4. The molecule has 4 bridgehead atoms. The average Bonchev–Trinajstić information content (AvgIpc) is 2.75. The Hall–Kier alpha value is -2.04. The van der Waals surface area contributed by atoms with Crippen molar-refractivity contribution in [1.29, 1.82) is 0 Å². The number of nitrogens with one attached hydrogen (secondary N) is 2. The summed E-state index contributed by atoms with van der Waals surface area (Å²) < 4.78 is 0. The van der Waals surface area contributed by atoms with Crippen molar-refractivity contribution in [2.24, 2.45) is 29.6 Å². The van der Waals surface area contributed by atoms with Crippen LogP contribution in [0.3, 0.4) is 0 Å². The summed E-state index contributed by atoms with van der Waals surface area (Å²) in [5.74, 6) is 3.61. The summed E-state index contributed by atoms with van der Waals surface area (Å²) in [6.07, 6.45) is 8.32. The molecule has 4 saturated carbocycles. The molecule has 3 amide bonds. The number of amides is 3. The van der Waals surface area contributed by atoms with Gasteiger partial charge >= 0.3 is 6.03 Å². The summed E-state index contributed by atoms with van der Waals surface area (Å²) in [6.45, 7) is 1.88. The molecule has 0 aromatic heterocycles. The first-order valence-corrected chi connectivity index (χ1v) is 11.5. The minimum Gasteiger partial charge on any atom is -0.353 e. The maximum absolute atomic E-state index is 12.9. The highest BCUT2D eigenvalue weighted by molar-refractivity contribution is 5.80. The minimum atomic E-state index is -0.0197. The van der Waals surface area contributed by atoms with Crippen molar-refractivity contribution in [3.05, 3.63) is 35.9 Å². The van der Waals surface area contributed by atoms with Crippen molar-refractivity contribution in [3.8, 4) is 0 Å². The second-order valence-corrected chi connectivity index (χ2v) is 9.87. The van der Waals surface area contributed by atoms with Gasteiger partial charge in [-0.25, -0.2) is 4.79 Å². The van der Waals surface area contributed by atoms with Crippen LogP contribution in [-0.2, 0) is 11.3 Å². The largest absolute Gasteiger partial charge is 0.353 e. The van der Waals surface area contributed by atoms with E-state index in [1.807, 2.05) is 35.2 Å². The van der Waals surface area contributed by atoms with Crippen molar-refractivity contribution in [1.82, 2.24) is 15.5 Å². The van der Waals surface area contributed by atoms with Crippen molar-refractivity contribution in [2.75, 3.05) is 13.1 Å². The van der Waals surface area contributed by atoms with Crippen LogP contribution < -0.4 is 10.6 Å². The molecular formula is C24H33N3O2. The van der Waals surface area contributed by atoms with Gasteiger partial charge in [-0.1, -0.05) is 30.3 Å². The molecular weight excluding hydrogens is 362 g/mol. The van der Waals surface area contributed by atoms with E-state index in [4.69, 9.17) is 0 Å². The highest BCUT2D eigenvalue weighted by Crippen LogP contribution is 2.53. The Morgan fingerprint density at radius 1 is 0.897 bits per heavy atom. The lowest BCUT2D eigenvalue weighted by molar-refractivity contribution is -0.130. The molecule has 5 aliphatic rings. The Morgan fingerprint density at radius 2 is 1.52 bits per heavy atom. The smallest absolute Gasteiger partial charge is 0.317 e. The van der Waals surface area contributed by atoms with Crippen LogP contribution in [0.15, 0.2) is 30.3 Å². The fourth-order valence-corrected chi connectivity index (χ4v) is 6.67. The quantitative estimate of drug-likeness (QED) is 0.819. The monoisotopic (exact) mass is 395 g/mol. The van der Waals surface area contributed by atoms with E-state index < -0.39 is 0 Å². The van der Waals surface area contributed by atoms with E-state index in [0.29, 0.717) is 25.7 Å². The van der Waals surface area contributed by atoms with E-state index in [1.165, 1.54) is 32.1 Å². The van der Waals surface area contributed by atoms with E-state index in [2.05, 4.69) is 10.6 Å². The van der Waals surface area contributed by atoms with Gasteiger partial charge in [0.05, 0.1) is 0 Å². The summed E-state index contributed by atoms with van der Waals surface area (Å²) >= 11 is 0. The van der Waals surface area contributed by atoms with Gasteiger partial charge < -0.3 is 15.5 Å². The zero-order valence-electron chi connectivity index (χ0n) is 17.2. The molecule has 1 aromatic carbocycles. The van der Waals surface area contributed by atoms with Crippen LogP contribution in [0.2, 0.25) is 0 Å². The van der Waals surface area contributed by atoms with Crippen LogP contribution in [0, 0.1) is 29.6 Å². The van der Waals surface area contributed by atoms with Gasteiger partial charge in [0.1, 0.15) is 0 Å². The molecule has 5 nitrogen and oxygen atoms in total. The number of likely N-dealkylation sites (tertiary alicyclic amines) is 1. The van der Waals surface area contributed by atoms with Gasteiger partial charge in [0.25, 0.3) is 0 Å². The van der Waals surface area contributed by atoms with Gasteiger partial charge in [-0.2, -0.15) is 0 Å². The van der Waals surface area contributed by atoms with Gasteiger partial charge in [-0.3, -0.25) is 4.79 Å². The van der Waals surface area contributed by atoms with Crippen LogP contribution in [-0.4, -0.2) is 36.0 Å². The molecule has 0 atom stereocenters. The predicted octanol–water partition coefficient (Wildman–Crippen LogP) is 3.55. The van der Waals surface area contributed by atoms with E-state index in [-0.39, 0.29) is 17.9 Å². The average molecular weight is 396 g/mol. The van der Waals surface area contributed by atoms with Gasteiger partial charge in [0.2, 0.25) is 5.91 Å². The van der Waals surface area contributed by atoms with E-state index in [1.54, 1.807) is 0 Å². The zero-order valence-corrected chi connectivity index (χ0v) is 17.2. The number of hydrogen-bond donors (Lipinski definition) is 2. The van der Waals surface area contributed by atoms with Crippen molar-refractivity contribution in [2.45, 2.75) is 57.5 Å². The maximum atomic E-state index is 12.9. The molecule has 1 aliphatic heterocycles. The zero-order chi connectivity index (χ0) is 19.8. The number of carbonyl (C=O) groups is 2. The number of benzene rings is 1. The summed E-state index contributed by atoms with van der Waals surface area (Å²) in [6, 6.07) is 10.4. The maximum Gasteiger partial charge on any atom is 0.317 e. The molecule has 5 heteroatoms. The first-order valence-electron chi connectivity index (χ1n) is 11.5. The molecule has 2 N–H and O–H groups in total. The molecule has 1 saturated heterocycles. The Morgan fingerprint density at radius 3 is 2.14 bits per heavy atom. The Labute approximate surface area is 173 Å². The van der Waals surface area contributed by atoms with E-state index >= 15 is 0 Å². The molecule has 0 unspecified atom stereocenters. The van der Waals surface area contributed by atoms with Crippen LogP contribution in [0.5, 0.6) is 0 Å². The molecule has 1 aromatic rings. The van der Waals surface area contributed by atoms with Crippen molar-refractivity contribution < 1.29 is 9.59 Å². The molecule has 4 aliphatic carbocycles. The third kappa shape index (κ3) is 4.01. The standard InChI is InChI=1S/C24H33N3O2/c28-23(26-22-20-11-17-10-18(13-20)14-21(22)12-17)19-6-8-27(9-7-19)24(29)25-15-16-4-2-1-3-5-16/h1-5,17-22H,6-15H2,(H,25,29)(H,26,28). The number of hydrogen-bond acceptors (Lipinski definition) is 2. The fourth-order valence-electron chi connectivity index (χ4n) is 6.67. The number of piperidine rings is 1. The third-order valence-electron chi connectivity index (χ3n) is 7.98. The molecule has 29 heavy (non-hydrogen) atoms. The second kappa shape index (κ2) is 8.00. The lowest BCUT2D eigenvalue weighted by atomic mass is 9.54. The number of urea groups is 1. The Kier molecular flexibility index (Phi) is 5.23. The number of carbonyl (C=O) groups excluding carboxylic acids is 2. The Balaban J connectivity index is 1.08. The highest BCUT2D eigenvalue weighted by atomic mass is 16.2. The Bertz CT molecular complexity index is 714. The van der Waals surface area contributed by atoms with Gasteiger partial charge in [0.15, 0.2) is 0 Å². The van der Waals surface area contributed by atoms with E-state index in [0.717, 1.165) is 42.1 Å². The first-order chi connectivity index (χ1) is 14.2. The summed E-state index contributed by atoms with van der Waals surface area (Å²) in [4.78, 5) is 27.3. The lowest BCUT2D eigenvalue weighted by Crippen LogP contribution is -2.57. The van der Waals surface area contributed by atoms with Gasteiger partial charge in [-0.15, -0.1) is 0 Å². The first kappa shape index (κ1) is 19.0. The molecule has 5 fully saturated rings. The normalized spacial score (nSPS) is 33.5. The SMILES string of the molecule is O=C(NC1C2CC3CC(C2)CC1C3)C1CCN(C(=O)NCc2ccccc2)CC1. The van der Waals surface area contributed by atoms with Crippen molar-refractivity contribution >= 4 is 11.9 Å². The minimum absolute atomic E-state index is 0.0197. The number of nitrogens with zero attached hydrogens (tertiary/aromatic N) is 1. The lowest BCUT2D eigenvalue weighted by Gasteiger charge is -2.54. The van der Waals surface area contributed by atoms with Crippen LogP contribution >= 0.6 is 0 Å². The molecule has 0 radical (unpaired) electrons. The summed E-state index contributed by atoms with van der Waals surface area (Å²) in [7, 11) is 0. The van der Waals surface area contributed by atoms with Gasteiger partial charge in [0, 0.05) is 31.6 Å². The molecule has 0 spiro atoms. The fraction of sp³-hybridized carbons (Fsp3) is 0.667. The van der Waals surface area contributed by atoms with Crippen LogP contribution in [0.4, 0.5) is 4.79 Å². The predicted molar refractivity (Wildman–Crippen MR) is 112 cm³/mol. The second-order valence-electron chi connectivity index (χ2n) is 9.87. The summed E-state index contributed by atoms with van der Waals surface area (Å²) in [5, 5.41) is 6.46. The van der Waals surface area contributed by atoms with E-state index in [9.17, 15) is 9.59 Å². The topological polar surface area (TPSA) is 61.4 Å². The summed E-state index contributed by atoms with van der Waals surface area (Å²) in [5.41, 5.74) is 1.10.